The number of para-hydroxylation sites is 1. The number of rotatable bonds is 4. The third-order valence-electron chi connectivity index (χ3n) is 3.12. The molecule has 2 aromatic rings. The predicted octanol–water partition coefficient (Wildman–Crippen LogP) is 2.41. The Balaban J connectivity index is 2.04. The number of hydrogen-bond acceptors (Lipinski definition) is 4. The quantitative estimate of drug-likeness (QED) is 0.755. The minimum Gasteiger partial charge on any atom is -0.504 e. The highest BCUT2D eigenvalue weighted by Crippen LogP contribution is 2.28. The summed E-state index contributed by atoms with van der Waals surface area (Å²) in [6, 6.07) is 11.9. The van der Waals surface area contributed by atoms with E-state index >= 15 is 0 Å². The van der Waals surface area contributed by atoms with Crippen LogP contribution < -0.4 is 5.32 Å². The van der Waals surface area contributed by atoms with E-state index in [-0.39, 0.29) is 17.4 Å². The predicted molar refractivity (Wildman–Crippen MR) is 81.6 cm³/mol. The summed E-state index contributed by atoms with van der Waals surface area (Å²) >= 11 is 0. The van der Waals surface area contributed by atoms with E-state index in [4.69, 9.17) is 0 Å². The number of carbonyl (C=O) groups is 1. The van der Waals surface area contributed by atoms with Crippen molar-refractivity contribution in [3.05, 3.63) is 53.6 Å². The summed E-state index contributed by atoms with van der Waals surface area (Å²) in [5.41, 5.74) is 2.04. The number of hydrogen-bond donors (Lipinski definition) is 3. The number of carbonyl (C=O) groups excluding carboxylic acids is 1. The lowest BCUT2D eigenvalue weighted by Crippen LogP contribution is -2.21. The molecule has 0 aliphatic carbocycles. The average molecular weight is 286 g/mol. The second kappa shape index (κ2) is 6.17. The van der Waals surface area contributed by atoms with Gasteiger partial charge in [0.1, 0.15) is 0 Å². The van der Waals surface area contributed by atoms with Crippen molar-refractivity contribution < 1.29 is 15.0 Å². The van der Waals surface area contributed by atoms with Crippen molar-refractivity contribution in [2.75, 3.05) is 19.4 Å². The topological polar surface area (TPSA) is 72.8 Å². The number of phenols is 2. The molecule has 0 saturated carbocycles. The van der Waals surface area contributed by atoms with Crippen LogP contribution in [0.25, 0.3) is 0 Å². The van der Waals surface area contributed by atoms with Crippen LogP contribution in [0.4, 0.5) is 5.69 Å². The molecule has 0 spiro atoms. The van der Waals surface area contributed by atoms with Gasteiger partial charge in [0, 0.05) is 37.5 Å². The fourth-order valence-electron chi connectivity index (χ4n) is 1.91. The number of amides is 1. The molecule has 5 nitrogen and oxygen atoms in total. The largest absolute Gasteiger partial charge is 0.504 e. The van der Waals surface area contributed by atoms with Gasteiger partial charge >= 0.3 is 0 Å². The summed E-state index contributed by atoms with van der Waals surface area (Å²) in [6.45, 7) is 0.376. The molecule has 3 N–H and O–H groups in total. The average Bonchev–Trinajstić information content (AvgIpc) is 2.48. The molecule has 110 valence electrons. The number of nitrogens with one attached hydrogen (secondary N) is 1. The van der Waals surface area contributed by atoms with Crippen molar-refractivity contribution >= 4 is 11.6 Å². The van der Waals surface area contributed by atoms with Gasteiger partial charge in [-0.05, 0) is 30.3 Å². The molecule has 0 aliphatic rings. The second-order valence-corrected chi connectivity index (χ2v) is 4.92. The van der Waals surface area contributed by atoms with Gasteiger partial charge in [-0.2, -0.15) is 0 Å². The summed E-state index contributed by atoms with van der Waals surface area (Å²) in [5.74, 6) is -0.308. The van der Waals surface area contributed by atoms with E-state index in [1.54, 1.807) is 50.5 Å². The zero-order valence-electron chi connectivity index (χ0n) is 12.0. The Morgan fingerprint density at radius 1 is 1.10 bits per heavy atom. The third-order valence-corrected chi connectivity index (χ3v) is 3.12. The number of anilines is 1. The van der Waals surface area contributed by atoms with Crippen LogP contribution in [0.2, 0.25) is 0 Å². The molecule has 2 aromatic carbocycles. The van der Waals surface area contributed by atoms with Gasteiger partial charge in [-0.3, -0.25) is 4.79 Å². The maximum atomic E-state index is 11.8. The molecule has 0 saturated heterocycles. The molecular weight excluding hydrogens is 268 g/mol. The zero-order chi connectivity index (χ0) is 15.4. The number of phenolic OH excluding ortho intramolecular Hbond substituents is 2. The highest BCUT2D eigenvalue weighted by Gasteiger charge is 2.08. The van der Waals surface area contributed by atoms with E-state index in [0.29, 0.717) is 17.7 Å². The van der Waals surface area contributed by atoms with E-state index in [9.17, 15) is 15.0 Å². The normalized spacial score (nSPS) is 10.2. The summed E-state index contributed by atoms with van der Waals surface area (Å²) in [4.78, 5) is 13.3. The maximum absolute atomic E-state index is 11.8. The molecule has 0 heterocycles. The molecule has 0 bridgehead atoms. The summed E-state index contributed by atoms with van der Waals surface area (Å²) in [7, 11) is 3.41. The summed E-state index contributed by atoms with van der Waals surface area (Å²) in [6.07, 6.45) is 0. The fourth-order valence-corrected chi connectivity index (χ4v) is 1.91. The summed E-state index contributed by atoms with van der Waals surface area (Å²) < 4.78 is 0. The SMILES string of the molecule is CN(C)C(=O)c1ccc(NCc2cccc(O)c2O)cc1. The summed E-state index contributed by atoms with van der Waals surface area (Å²) in [5, 5.41) is 22.3. The Bertz CT molecular complexity index is 636. The molecule has 2 rings (SSSR count). The van der Waals surface area contributed by atoms with Gasteiger partial charge in [0.2, 0.25) is 0 Å². The first-order valence-electron chi connectivity index (χ1n) is 6.54. The smallest absolute Gasteiger partial charge is 0.253 e. The lowest BCUT2D eigenvalue weighted by molar-refractivity contribution is 0.0827. The van der Waals surface area contributed by atoms with E-state index in [1.165, 1.54) is 11.0 Å². The van der Waals surface area contributed by atoms with Crippen molar-refractivity contribution in [2.24, 2.45) is 0 Å². The number of aromatic hydroxyl groups is 2. The fraction of sp³-hybridized carbons (Fsp3) is 0.188. The van der Waals surface area contributed by atoms with Crippen LogP contribution in [0.1, 0.15) is 15.9 Å². The molecule has 0 aliphatic heterocycles. The molecule has 1 amide bonds. The van der Waals surface area contributed by atoms with Gasteiger partial charge in [-0.15, -0.1) is 0 Å². The number of nitrogens with zero attached hydrogens (tertiary/aromatic N) is 1. The standard InChI is InChI=1S/C16H18N2O3/c1-18(2)16(21)11-6-8-13(9-7-11)17-10-12-4-3-5-14(19)15(12)20/h3-9,17,19-20H,10H2,1-2H3. The highest BCUT2D eigenvalue weighted by molar-refractivity contribution is 5.94. The van der Waals surface area contributed by atoms with Gasteiger partial charge in [0.25, 0.3) is 5.91 Å². The van der Waals surface area contributed by atoms with Crippen LogP contribution in [-0.4, -0.2) is 35.1 Å². The second-order valence-electron chi connectivity index (χ2n) is 4.92. The molecule has 0 atom stereocenters. The molecule has 0 aromatic heterocycles. The van der Waals surface area contributed by atoms with Gasteiger partial charge in [0.15, 0.2) is 11.5 Å². The van der Waals surface area contributed by atoms with Crippen LogP contribution in [0.5, 0.6) is 11.5 Å². The minimum atomic E-state index is -0.138. The first-order valence-corrected chi connectivity index (χ1v) is 6.54. The van der Waals surface area contributed by atoms with Gasteiger partial charge in [-0.1, -0.05) is 12.1 Å². The monoisotopic (exact) mass is 286 g/mol. The van der Waals surface area contributed by atoms with E-state index in [0.717, 1.165) is 5.69 Å². The van der Waals surface area contributed by atoms with Crippen LogP contribution in [-0.2, 0) is 6.54 Å². The molecule has 0 unspecified atom stereocenters. The first-order chi connectivity index (χ1) is 9.99. The number of benzene rings is 2. The molecule has 5 heteroatoms. The van der Waals surface area contributed by atoms with E-state index in [2.05, 4.69) is 5.32 Å². The van der Waals surface area contributed by atoms with Crippen LogP contribution in [0.3, 0.4) is 0 Å². The minimum absolute atomic E-state index is 0.0489. The first kappa shape index (κ1) is 14.7. The lowest BCUT2D eigenvalue weighted by atomic mass is 10.1. The van der Waals surface area contributed by atoms with E-state index < -0.39 is 0 Å². The molecular formula is C16H18N2O3. The van der Waals surface area contributed by atoms with Crippen molar-refractivity contribution in [2.45, 2.75) is 6.54 Å². The van der Waals surface area contributed by atoms with Crippen LogP contribution >= 0.6 is 0 Å². The van der Waals surface area contributed by atoms with Gasteiger partial charge < -0.3 is 20.4 Å². The highest BCUT2D eigenvalue weighted by atomic mass is 16.3. The Labute approximate surface area is 123 Å². The van der Waals surface area contributed by atoms with Crippen molar-refractivity contribution in [3.63, 3.8) is 0 Å². The Kier molecular flexibility index (Phi) is 4.33. The van der Waals surface area contributed by atoms with Crippen molar-refractivity contribution in [3.8, 4) is 11.5 Å². The Morgan fingerprint density at radius 3 is 2.38 bits per heavy atom. The molecule has 21 heavy (non-hydrogen) atoms. The maximum Gasteiger partial charge on any atom is 0.253 e. The third kappa shape index (κ3) is 3.45. The Morgan fingerprint density at radius 2 is 1.76 bits per heavy atom. The zero-order valence-corrected chi connectivity index (χ0v) is 12.0. The van der Waals surface area contributed by atoms with Crippen LogP contribution in [0, 0.1) is 0 Å². The Hall–Kier alpha value is -2.69. The lowest BCUT2D eigenvalue weighted by Gasteiger charge is -2.12. The van der Waals surface area contributed by atoms with Gasteiger partial charge in [0.05, 0.1) is 0 Å². The molecule has 0 fully saturated rings. The molecule has 0 radical (unpaired) electrons. The van der Waals surface area contributed by atoms with E-state index in [1.807, 2.05) is 0 Å². The van der Waals surface area contributed by atoms with Crippen molar-refractivity contribution in [1.29, 1.82) is 0 Å². The van der Waals surface area contributed by atoms with Crippen LogP contribution in [0.15, 0.2) is 42.5 Å². The van der Waals surface area contributed by atoms with Gasteiger partial charge in [-0.25, -0.2) is 0 Å². The van der Waals surface area contributed by atoms with Crippen molar-refractivity contribution in [1.82, 2.24) is 4.90 Å².